The van der Waals surface area contributed by atoms with Crippen molar-refractivity contribution in [3.8, 4) is 0 Å². The van der Waals surface area contributed by atoms with Crippen molar-refractivity contribution in [1.29, 1.82) is 0 Å². The number of nitrogens with one attached hydrogen (secondary N) is 1. The van der Waals surface area contributed by atoms with E-state index in [-0.39, 0.29) is 5.88 Å². The molecule has 0 aromatic carbocycles. The molecule has 78 valence electrons. The molecule has 1 saturated heterocycles. The van der Waals surface area contributed by atoms with Gasteiger partial charge in [0.05, 0.1) is 0 Å². The van der Waals surface area contributed by atoms with Gasteiger partial charge < -0.3 is 14.5 Å². The fourth-order valence-electron chi connectivity index (χ4n) is 1.38. The topological polar surface area (TPSA) is 60.2 Å². The lowest BCUT2D eigenvalue weighted by Crippen LogP contribution is -2.27. The van der Waals surface area contributed by atoms with Crippen molar-refractivity contribution in [2.75, 3.05) is 18.5 Å². The van der Waals surface area contributed by atoms with E-state index in [9.17, 15) is 0 Å². The van der Waals surface area contributed by atoms with Gasteiger partial charge in [0.1, 0.15) is 5.88 Å². The van der Waals surface area contributed by atoms with Gasteiger partial charge in [0, 0.05) is 19.3 Å². The summed E-state index contributed by atoms with van der Waals surface area (Å²) in [4.78, 5) is 0. The van der Waals surface area contributed by atoms with E-state index in [4.69, 9.17) is 20.8 Å². The summed E-state index contributed by atoms with van der Waals surface area (Å²) >= 11 is 5.54. The van der Waals surface area contributed by atoms with E-state index < -0.39 is 0 Å². The summed E-state index contributed by atoms with van der Waals surface area (Å²) < 4.78 is 10.5. The van der Waals surface area contributed by atoms with E-state index in [0.29, 0.717) is 17.9 Å². The Morgan fingerprint density at radius 3 is 2.79 bits per heavy atom. The molecule has 14 heavy (non-hydrogen) atoms. The van der Waals surface area contributed by atoms with Crippen LogP contribution in [-0.2, 0) is 10.6 Å². The zero-order valence-corrected chi connectivity index (χ0v) is 8.46. The molecule has 0 amide bonds. The van der Waals surface area contributed by atoms with Crippen LogP contribution in [0.5, 0.6) is 0 Å². The first kappa shape index (κ1) is 9.73. The smallest absolute Gasteiger partial charge is 0.315 e. The average molecular weight is 218 g/mol. The Morgan fingerprint density at radius 2 is 2.14 bits per heavy atom. The molecule has 0 spiro atoms. The number of alkyl halides is 1. The highest BCUT2D eigenvalue weighted by molar-refractivity contribution is 6.16. The molecule has 0 saturated carbocycles. The quantitative estimate of drug-likeness (QED) is 0.776. The highest BCUT2D eigenvalue weighted by Crippen LogP contribution is 2.14. The van der Waals surface area contributed by atoms with Crippen LogP contribution in [0.2, 0.25) is 0 Å². The van der Waals surface area contributed by atoms with Gasteiger partial charge in [-0.1, -0.05) is 5.10 Å². The van der Waals surface area contributed by atoms with Gasteiger partial charge in [0.2, 0.25) is 5.89 Å². The van der Waals surface area contributed by atoms with Crippen LogP contribution in [0.4, 0.5) is 6.01 Å². The van der Waals surface area contributed by atoms with Crippen molar-refractivity contribution in [2.45, 2.75) is 24.8 Å². The number of hydrogen-bond donors (Lipinski definition) is 1. The molecule has 0 atom stereocenters. The molecule has 0 aliphatic carbocycles. The molecule has 1 aromatic heterocycles. The Kier molecular flexibility index (Phi) is 3.21. The molecule has 1 aliphatic rings. The van der Waals surface area contributed by atoms with Gasteiger partial charge in [-0.2, -0.15) is 0 Å². The second-order valence-electron chi connectivity index (χ2n) is 3.17. The predicted molar refractivity (Wildman–Crippen MR) is 51.3 cm³/mol. The number of nitrogens with zero attached hydrogens (tertiary/aromatic N) is 2. The molecule has 1 fully saturated rings. The fraction of sp³-hybridized carbons (Fsp3) is 0.750. The number of hydrogen-bond acceptors (Lipinski definition) is 5. The lowest BCUT2D eigenvalue weighted by molar-refractivity contribution is 0.0899. The van der Waals surface area contributed by atoms with Crippen LogP contribution in [0.25, 0.3) is 0 Å². The standard InChI is InChI=1S/C8H12ClN3O2/c9-5-7-11-12-8(14-7)10-6-1-3-13-4-2-6/h6H,1-5H2,(H,10,12). The highest BCUT2D eigenvalue weighted by atomic mass is 35.5. The van der Waals surface area contributed by atoms with E-state index >= 15 is 0 Å². The van der Waals surface area contributed by atoms with Gasteiger partial charge in [-0.25, -0.2) is 0 Å². The van der Waals surface area contributed by atoms with Crippen molar-refractivity contribution < 1.29 is 9.15 Å². The van der Waals surface area contributed by atoms with Gasteiger partial charge in [0.15, 0.2) is 0 Å². The third-order valence-electron chi connectivity index (χ3n) is 2.13. The number of anilines is 1. The Hall–Kier alpha value is -0.810. The van der Waals surface area contributed by atoms with Crippen LogP contribution in [0.3, 0.4) is 0 Å². The molecule has 0 unspecified atom stereocenters. The maximum Gasteiger partial charge on any atom is 0.315 e. The van der Waals surface area contributed by atoms with Crippen molar-refractivity contribution in [3.05, 3.63) is 5.89 Å². The van der Waals surface area contributed by atoms with Crippen LogP contribution in [0.1, 0.15) is 18.7 Å². The highest BCUT2D eigenvalue weighted by Gasteiger charge is 2.15. The third kappa shape index (κ3) is 2.36. The van der Waals surface area contributed by atoms with Gasteiger partial charge >= 0.3 is 6.01 Å². The predicted octanol–water partition coefficient (Wildman–Crippen LogP) is 1.40. The Morgan fingerprint density at radius 1 is 1.36 bits per heavy atom. The molecule has 0 bridgehead atoms. The van der Waals surface area contributed by atoms with E-state index in [1.165, 1.54) is 0 Å². The van der Waals surface area contributed by atoms with Crippen molar-refractivity contribution in [1.82, 2.24) is 10.2 Å². The lowest BCUT2D eigenvalue weighted by Gasteiger charge is -2.21. The van der Waals surface area contributed by atoms with E-state index in [1.807, 2.05) is 0 Å². The van der Waals surface area contributed by atoms with Gasteiger partial charge in [-0.3, -0.25) is 0 Å². The minimum absolute atomic E-state index is 0.252. The summed E-state index contributed by atoms with van der Waals surface area (Å²) in [5.74, 6) is 0.698. The maximum absolute atomic E-state index is 5.54. The molecule has 1 aliphatic heterocycles. The molecule has 2 rings (SSSR count). The molecule has 0 radical (unpaired) electrons. The summed E-state index contributed by atoms with van der Waals surface area (Å²) in [6.07, 6.45) is 1.94. The summed E-state index contributed by atoms with van der Waals surface area (Å²) in [5.41, 5.74) is 0. The van der Waals surface area contributed by atoms with Crippen LogP contribution < -0.4 is 5.32 Å². The second kappa shape index (κ2) is 4.61. The van der Waals surface area contributed by atoms with Crippen LogP contribution in [-0.4, -0.2) is 29.5 Å². The van der Waals surface area contributed by atoms with E-state index in [1.54, 1.807) is 0 Å². The monoisotopic (exact) mass is 217 g/mol. The summed E-state index contributed by atoms with van der Waals surface area (Å²) in [6, 6.07) is 0.819. The van der Waals surface area contributed by atoms with Crippen LogP contribution >= 0.6 is 11.6 Å². The summed E-state index contributed by atoms with van der Waals surface area (Å²) in [7, 11) is 0. The molecule has 6 heteroatoms. The van der Waals surface area contributed by atoms with E-state index in [2.05, 4.69) is 15.5 Å². The second-order valence-corrected chi connectivity index (χ2v) is 3.43. The van der Waals surface area contributed by atoms with Gasteiger partial charge in [-0.05, 0) is 12.8 Å². The van der Waals surface area contributed by atoms with E-state index in [0.717, 1.165) is 26.1 Å². The van der Waals surface area contributed by atoms with Gasteiger partial charge in [-0.15, -0.1) is 16.7 Å². The van der Waals surface area contributed by atoms with Crippen molar-refractivity contribution >= 4 is 17.6 Å². The van der Waals surface area contributed by atoms with Crippen LogP contribution in [0.15, 0.2) is 4.42 Å². The molecule has 1 aromatic rings. The SMILES string of the molecule is ClCc1nnc(NC2CCOCC2)o1. The molecule has 2 heterocycles. The Bertz CT molecular complexity index is 286. The zero-order chi connectivity index (χ0) is 9.80. The maximum atomic E-state index is 5.54. The molecular formula is C8H12ClN3O2. The number of halogens is 1. The minimum atomic E-state index is 0.252. The first-order valence-corrected chi connectivity index (χ1v) is 5.14. The summed E-state index contributed by atoms with van der Waals surface area (Å²) in [6.45, 7) is 1.57. The van der Waals surface area contributed by atoms with Crippen molar-refractivity contribution in [3.63, 3.8) is 0 Å². The Balaban J connectivity index is 1.89. The van der Waals surface area contributed by atoms with Gasteiger partial charge in [0.25, 0.3) is 0 Å². The minimum Gasteiger partial charge on any atom is -0.407 e. The number of aromatic nitrogens is 2. The first-order chi connectivity index (χ1) is 6.88. The first-order valence-electron chi connectivity index (χ1n) is 4.61. The Labute approximate surface area is 86.8 Å². The molecular weight excluding hydrogens is 206 g/mol. The molecule has 1 N–H and O–H groups in total. The number of rotatable bonds is 3. The largest absolute Gasteiger partial charge is 0.407 e. The zero-order valence-electron chi connectivity index (χ0n) is 7.70. The van der Waals surface area contributed by atoms with Crippen molar-refractivity contribution in [2.24, 2.45) is 0 Å². The summed E-state index contributed by atoms with van der Waals surface area (Å²) in [5, 5.41) is 10.7. The number of ether oxygens (including phenoxy) is 1. The third-order valence-corrected chi connectivity index (χ3v) is 2.36. The lowest BCUT2D eigenvalue weighted by atomic mass is 10.1. The average Bonchev–Trinajstić information content (AvgIpc) is 2.67. The fourth-order valence-corrected chi connectivity index (χ4v) is 1.49. The molecule has 5 nitrogen and oxygen atoms in total. The normalized spacial score (nSPS) is 18.4. The van der Waals surface area contributed by atoms with Crippen LogP contribution in [0, 0.1) is 0 Å².